The molecule has 5 heteroatoms. The monoisotopic (exact) mass is 291 g/mol. The number of rotatable bonds is 3. The SMILES string of the molecule is CC(C)C1CN(Cc2cn(C)nn2)C2(CCCCC2)CN1. The Morgan fingerprint density at radius 1 is 1.33 bits per heavy atom. The van der Waals surface area contributed by atoms with Gasteiger partial charge in [0.15, 0.2) is 0 Å². The molecule has 118 valence electrons. The van der Waals surface area contributed by atoms with Gasteiger partial charge in [-0.3, -0.25) is 9.58 Å². The van der Waals surface area contributed by atoms with Gasteiger partial charge in [-0.15, -0.1) is 5.10 Å². The zero-order valence-corrected chi connectivity index (χ0v) is 13.7. The van der Waals surface area contributed by atoms with Crippen molar-refractivity contribution in [3.05, 3.63) is 11.9 Å². The average Bonchev–Trinajstić information content (AvgIpc) is 2.87. The molecule has 0 bridgehead atoms. The van der Waals surface area contributed by atoms with Crippen molar-refractivity contribution >= 4 is 0 Å². The molecule has 3 rings (SSSR count). The van der Waals surface area contributed by atoms with Gasteiger partial charge in [-0.05, 0) is 18.8 Å². The predicted octanol–water partition coefficient (Wildman–Crippen LogP) is 1.95. The van der Waals surface area contributed by atoms with Crippen molar-refractivity contribution < 1.29 is 0 Å². The van der Waals surface area contributed by atoms with E-state index in [0.29, 0.717) is 17.5 Å². The summed E-state index contributed by atoms with van der Waals surface area (Å²) in [7, 11) is 1.95. The number of hydrogen-bond donors (Lipinski definition) is 1. The zero-order valence-electron chi connectivity index (χ0n) is 13.7. The van der Waals surface area contributed by atoms with E-state index in [-0.39, 0.29) is 0 Å². The molecule has 1 unspecified atom stereocenters. The third-order valence-electron chi connectivity index (χ3n) is 5.37. The van der Waals surface area contributed by atoms with Gasteiger partial charge in [0.05, 0.1) is 5.69 Å². The average molecular weight is 291 g/mol. The van der Waals surface area contributed by atoms with Crippen LogP contribution in [-0.2, 0) is 13.6 Å². The lowest BCUT2D eigenvalue weighted by atomic mass is 9.77. The Hall–Kier alpha value is -0.940. The van der Waals surface area contributed by atoms with Crippen LogP contribution in [-0.4, -0.2) is 44.6 Å². The molecule has 1 saturated heterocycles. The van der Waals surface area contributed by atoms with Crippen LogP contribution in [0.1, 0.15) is 51.6 Å². The van der Waals surface area contributed by atoms with Crippen LogP contribution in [0.3, 0.4) is 0 Å². The van der Waals surface area contributed by atoms with E-state index in [2.05, 4.69) is 40.6 Å². The number of aromatic nitrogens is 3. The van der Waals surface area contributed by atoms with Gasteiger partial charge in [0.2, 0.25) is 0 Å². The summed E-state index contributed by atoms with van der Waals surface area (Å²) in [5.41, 5.74) is 1.45. The van der Waals surface area contributed by atoms with Crippen molar-refractivity contribution in [2.24, 2.45) is 13.0 Å². The number of nitrogens with zero attached hydrogens (tertiary/aromatic N) is 4. The molecule has 1 aromatic rings. The highest BCUT2D eigenvalue weighted by molar-refractivity contribution is 5.04. The molecule has 1 aromatic heterocycles. The molecule has 1 spiro atoms. The quantitative estimate of drug-likeness (QED) is 0.924. The lowest BCUT2D eigenvalue weighted by Gasteiger charge is -2.52. The van der Waals surface area contributed by atoms with Crippen molar-refractivity contribution in [1.29, 1.82) is 0 Å². The summed E-state index contributed by atoms with van der Waals surface area (Å²) in [4.78, 5) is 2.71. The molecule has 0 aromatic carbocycles. The van der Waals surface area contributed by atoms with Crippen molar-refractivity contribution in [2.45, 2.75) is 64.1 Å². The first kappa shape index (κ1) is 15.0. The largest absolute Gasteiger partial charge is 0.311 e. The van der Waals surface area contributed by atoms with E-state index < -0.39 is 0 Å². The number of piperazine rings is 1. The minimum Gasteiger partial charge on any atom is -0.311 e. The summed E-state index contributed by atoms with van der Waals surface area (Å²) in [6.07, 6.45) is 8.84. The Balaban J connectivity index is 1.78. The van der Waals surface area contributed by atoms with E-state index in [9.17, 15) is 0 Å². The van der Waals surface area contributed by atoms with E-state index in [1.807, 2.05) is 11.7 Å². The number of aryl methyl sites for hydroxylation is 1. The molecule has 0 amide bonds. The highest BCUT2D eigenvalue weighted by Crippen LogP contribution is 2.36. The van der Waals surface area contributed by atoms with E-state index in [1.54, 1.807) is 0 Å². The maximum Gasteiger partial charge on any atom is 0.0967 e. The van der Waals surface area contributed by atoms with Gasteiger partial charge < -0.3 is 5.32 Å². The van der Waals surface area contributed by atoms with Gasteiger partial charge in [0, 0.05) is 44.5 Å². The lowest BCUT2D eigenvalue weighted by molar-refractivity contribution is -0.00505. The van der Waals surface area contributed by atoms with E-state index >= 15 is 0 Å². The fourth-order valence-corrected chi connectivity index (χ4v) is 3.97. The highest BCUT2D eigenvalue weighted by atomic mass is 15.4. The molecular formula is C16H29N5. The Bertz CT molecular complexity index is 461. The minimum absolute atomic E-state index is 0.348. The minimum atomic E-state index is 0.348. The summed E-state index contributed by atoms with van der Waals surface area (Å²) in [5.74, 6) is 0.676. The van der Waals surface area contributed by atoms with Crippen LogP contribution in [0.25, 0.3) is 0 Å². The smallest absolute Gasteiger partial charge is 0.0967 e. The van der Waals surface area contributed by atoms with Crippen LogP contribution in [0.4, 0.5) is 0 Å². The van der Waals surface area contributed by atoms with E-state index in [4.69, 9.17) is 0 Å². The molecule has 1 atom stereocenters. The fourth-order valence-electron chi connectivity index (χ4n) is 3.97. The van der Waals surface area contributed by atoms with Crippen LogP contribution < -0.4 is 5.32 Å². The topological polar surface area (TPSA) is 46.0 Å². The van der Waals surface area contributed by atoms with Crippen LogP contribution in [0.2, 0.25) is 0 Å². The molecule has 1 aliphatic heterocycles. The lowest BCUT2D eigenvalue weighted by Crippen LogP contribution is -2.65. The van der Waals surface area contributed by atoms with Gasteiger partial charge in [0.25, 0.3) is 0 Å². The maximum atomic E-state index is 4.31. The second-order valence-corrected chi connectivity index (χ2v) is 7.28. The van der Waals surface area contributed by atoms with Crippen LogP contribution in [0, 0.1) is 5.92 Å². The molecule has 21 heavy (non-hydrogen) atoms. The summed E-state index contributed by atoms with van der Waals surface area (Å²) < 4.78 is 1.81. The van der Waals surface area contributed by atoms with Gasteiger partial charge in [-0.2, -0.15) is 0 Å². The molecule has 0 radical (unpaired) electrons. The van der Waals surface area contributed by atoms with Crippen LogP contribution >= 0.6 is 0 Å². The summed E-state index contributed by atoms with van der Waals surface area (Å²) in [6.45, 7) is 7.84. The molecule has 2 fully saturated rings. The van der Waals surface area contributed by atoms with Crippen molar-refractivity contribution in [3.63, 3.8) is 0 Å². The molecule has 2 heterocycles. The predicted molar refractivity (Wildman–Crippen MR) is 83.9 cm³/mol. The Morgan fingerprint density at radius 2 is 2.10 bits per heavy atom. The van der Waals surface area contributed by atoms with Gasteiger partial charge in [-0.1, -0.05) is 38.3 Å². The first-order valence-corrected chi connectivity index (χ1v) is 8.43. The van der Waals surface area contributed by atoms with Crippen LogP contribution in [0.15, 0.2) is 6.20 Å². The first-order chi connectivity index (χ1) is 10.1. The standard InChI is InChI=1S/C16H29N5/c1-13(2)15-11-21(10-14-9-20(3)19-18-14)16(12-17-15)7-5-4-6-8-16/h9,13,15,17H,4-8,10-12H2,1-3H3. The molecule has 2 aliphatic rings. The first-order valence-electron chi connectivity index (χ1n) is 8.43. The number of hydrogen-bond acceptors (Lipinski definition) is 4. The summed E-state index contributed by atoms with van der Waals surface area (Å²) in [6, 6.07) is 0.592. The van der Waals surface area contributed by atoms with Crippen LogP contribution in [0.5, 0.6) is 0 Å². The van der Waals surface area contributed by atoms with Crippen molar-refractivity contribution in [3.8, 4) is 0 Å². The maximum absolute atomic E-state index is 4.31. The molecule has 5 nitrogen and oxygen atoms in total. The Labute approximate surface area is 128 Å². The molecule has 1 aliphatic carbocycles. The normalized spacial score (nSPS) is 26.6. The van der Waals surface area contributed by atoms with E-state index in [0.717, 1.165) is 25.3 Å². The second-order valence-electron chi connectivity index (χ2n) is 7.28. The Morgan fingerprint density at radius 3 is 2.71 bits per heavy atom. The summed E-state index contributed by atoms with van der Waals surface area (Å²) >= 11 is 0. The molecular weight excluding hydrogens is 262 g/mol. The molecule has 1 saturated carbocycles. The molecule has 1 N–H and O–H groups in total. The zero-order chi connectivity index (χ0) is 14.9. The van der Waals surface area contributed by atoms with Crippen molar-refractivity contribution in [1.82, 2.24) is 25.2 Å². The van der Waals surface area contributed by atoms with Gasteiger partial charge in [-0.25, -0.2) is 0 Å². The summed E-state index contributed by atoms with van der Waals surface area (Å²) in [5, 5.41) is 12.2. The van der Waals surface area contributed by atoms with Gasteiger partial charge >= 0.3 is 0 Å². The third-order valence-corrected chi connectivity index (χ3v) is 5.37. The van der Waals surface area contributed by atoms with E-state index in [1.165, 1.54) is 32.1 Å². The van der Waals surface area contributed by atoms with Gasteiger partial charge in [0.1, 0.15) is 0 Å². The van der Waals surface area contributed by atoms with Crippen molar-refractivity contribution in [2.75, 3.05) is 13.1 Å². The second kappa shape index (κ2) is 6.05. The third kappa shape index (κ3) is 3.14. The highest BCUT2D eigenvalue weighted by Gasteiger charge is 2.42. The fraction of sp³-hybridized carbons (Fsp3) is 0.875. The Kier molecular flexibility index (Phi) is 4.31. The number of nitrogens with one attached hydrogen (secondary N) is 1.